The maximum Gasteiger partial charge on any atom is 0.308 e. The summed E-state index contributed by atoms with van der Waals surface area (Å²) in [6.45, 7) is 4.05. The topological polar surface area (TPSA) is 51.1 Å². The van der Waals surface area contributed by atoms with Crippen molar-refractivity contribution in [1.29, 1.82) is 0 Å². The molecular weight excluding hydrogens is 248 g/mol. The Bertz CT molecular complexity index is 615. The van der Waals surface area contributed by atoms with Gasteiger partial charge in [-0.15, -0.1) is 0 Å². The van der Waals surface area contributed by atoms with Gasteiger partial charge in [-0.1, -0.05) is 30.4 Å². The van der Waals surface area contributed by atoms with Crippen LogP contribution in [0, 0.1) is 0 Å². The molecule has 18 heavy (non-hydrogen) atoms. The van der Waals surface area contributed by atoms with Crippen molar-refractivity contribution in [2.24, 2.45) is 0 Å². The highest BCUT2D eigenvalue weighted by Crippen LogP contribution is 2.16. The van der Waals surface area contributed by atoms with Crippen LogP contribution in [0.1, 0.15) is 20.3 Å². The van der Waals surface area contributed by atoms with Crippen molar-refractivity contribution in [1.82, 2.24) is 9.88 Å². The van der Waals surface area contributed by atoms with Crippen molar-refractivity contribution in [3.63, 3.8) is 0 Å². The number of carbonyl (C=O) groups excluding carboxylic acids is 1. The summed E-state index contributed by atoms with van der Waals surface area (Å²) in [5, 5.41) is 2.87. The van der Waals surface area contributed by atoms with E-state index < -0.39 is 0 Å². The van der Waals surface area contributed by atoms with Gasteiger partial charge in [0.25, 0.3) is 0 Å². The molecule has 1 atom stereocenters. The maximum atomic E-state index is 11.8. The molecule has 0 fully saturated rings. The quantitative estimate of drug-likeness (QED) is 0.918. The lowest BCUT2D eigenvalue weighted by Gasteiger charge is -2.11. The van der Waals surface area contributed by atoms with Gasteiger partial charge >= 0.3 is 4.87 Å². The Balaban J connectivity index is 2.24. The van der Waals surface area contributed by atoms with E-state index in [4.69, 9.17) is 0 Å². The second-order valence-corrected chi connectivity index (χ2v) is 5.29. The summed E-state index contributed by atoms with van der Waals surface area (Å²) in [4.78, 5) is 23.6. The molecule has 0 saturated heterocycles. The summed E-state index contributed by atoms with van der Waals surface area (Å²) in [6, 6.07) is 7.66. The van der Waals surface area contributed by atoms with Gasteiger partial charge in [0.15, 0.2) is 0 Å². The van der Waals surface area contributed by atoms with Gasteiger partial charge in [0.05, 0.1) is 10.2 Å². The smallest absolute Gasteiger partial charge is 0.308 e. The van der Waals surface area contributed by atoms with Crippen LogP contribution in [0.2, 0.25) is 0 Å². The molecule has 0 radical (unpaired) electrons. The first-order valence-electron chi connectivity index (χ1n) is 5.99. The van der Waals surface area contributed by atoms with Crippen molar-refractivity contribution in [3.05, 3.63) is 33.9 Å². The van der Waals surface area contributed by atoms with E-state index in [0.29, 0.717) is 0 Å². The number of nitrogens with zero attached hydrogens (tertiary/aromatic N) is 1. The van der Waals surface area contributed by atoms with Crippen LogP contribution in [0.15, 0.2) is 29.1 Å². The van der Waals surface area contributed by atoms with Crippen LogP contribution in [0.25, 0.3) is 10.2 Å². The van der Waals surface area contributed by atoms with Gasteiger partial charge in [-0.25, -0.2) is 0 Å². The van der Waals surface area contributed by atoms with Crippen LogP contribution >= 0.6 is 11.3 Å². The van der Waals surface area contributed by atoms with Crippen molar-refractivity contribution >= 4 is 27.5 Å². The third kappa shape index (κ3) is 2.61. The van der Waals surface area contributed by atoms with Crippen LogP contribution < -0.4 is 10.2 Å². The number of fused-ring (bicyclic) bond motifs is 1. The molecule has 0 spiro atoms. The van der Waals surface area contributed by atoms with Crippen molar-refractivity contribution < 1.29 is 4.79 Å². The van der Waals surface area contributed by atoms with Gasteiger partial charge in [0.2, 0.25) is 5.91 Å². The molecule has 2 rings (SSSR count). The molecule has 0 aliphatic rings. The van der Waals surface area contributed by atoms with Crippen LogP contribution in [-0.4, -0.2) is 16.5 Å². The molecule has 1 heterocycles. The second-order valence-electron chi connectivity index (χ2n) is 4.30. The lowest BCUT2D eigenvalue weighted by molar-refractivity contribution is -0.122. The Morgan fingerprint density at radius 2 is 2.17 bits per heavy atom. The number of thiazole rings is 1. The molecule has 1 aromatic heterocycles. The molecule has 5 heteroatoms. The van der Waals surface area contributed by atoms with Crippen LogP contribution in [0.5, 0.6) is 0 Å². The lowest BCUT2D eigenvalue weighted by Crippen LogP contribution is -2.36. The molecule has 0 bridgehead atoms. The number of hydrogen-bond donors (Lipinski definition) is 1. The van der Waals surface area contributed by atoms with Crippen molar-refractivity contribution in [2.75, 3.05) is 0 Å². The largest absolute Gasteiger partial charge is 0.352 e. The molecule has 0 aliphatic carbocycles. The number of para-hydroxylation sites is 1. The summed E-state index contributed by atoms with van der Waals surface area (Å²) >= 11 is 1.17. The molecule has 0 unspecified atom stereocenters. The third-order valence-electron chi connectivity index (χ3n) is 2.90. The van der Waals surface area contributed by atoms with E-state index >= 15 is 0 Å². The van der Waals surface area contributed by atoms with Gasteiger partial charge in [0, 0.05) is 6.04 Å². The minimum Gasteiger partial charge on any atom is -0.352 e. The fraction of sp³-hybridized carbons (Fsp3) is 0.385. The average molecular weight is 264 g/mol. The minimum absolute atomic E-state index is 0.0875. The number of aromatic nitrogens is 1. The SMILES string of the molecule is CC[C@H](C)NC(=O)Cn1c(=O)sc2ccccc21. The fourth-order valence-electron chi connectivity index (χ4n) is 1.73. The fourth-order valence-corrected chi connectivity index (χ4v) is 2.62. The summed E-state index contributed by atoms with van der Waals surface area (Å²) in [7, 11) is 0. The summed E-state index contributed by atoms with van der Waals surface area (Å²) in [6.07, 6.45) is 0.880. The number of benzene rings is 1. The summed E-state index contributed by atoms with van der Waals surface area (Å²) in [5.74, 6) is -0.116. The molecule has 4 nitrogen and oxygen atoms in total. The van der Waals surface area contributed by atoms with Gasteiger partial charge < -0.3 is 5.32 Å². The zero-order valence-electron chi connectivity index (χ0n) is 10.5. The zero-order valence-corrected chi connectivity index (χ0v) is 11.3. The minimum atomic E-state index is -0.116. The molecule has 1 N–H and O–H groups in total. The Morgan fingerprint density at radius 3 is 2.89 bits per heavy atom. The van der Waals surface area contributed by atoms with Gasteiger partial charge in [-0.3, -0.25) is 14.2 Å². The predicted molar refractivity (Wildman–Crippen MR) is 74.0 cm³/mol. The predicted octanol–water partition coefficient (Wildman–Crippen LogP) is 1.98. The average Bonchev–Trinajstić information content (AvgIpc) is 2.66. The number of carbonyl (C=O) groups is 1. The van der Waals surface area contributed by atoms with E-state index in [9.17, 15) is 9.59 Å². The molecular formula is C13H16N2O2S. The van der Waals surface area contributed by atoms with E-state index in [1.165, 1.54) is 15.9 Å². The van der Waals surface area contributed by atoms with Crippen molar-refractivity contribution in [2.45, 2.75) is 32.9 Å². The molecule has 0 aliphatic heterocycles. The Labute approximate surface area is 109 Å². The normalized spacial score (nSPS) is 12.6. The van der Waals surface area contributed by atoms with Gasteiger partial charge in [-0.2, -0.15) is 0 Å². The highest BCUT2D eigenvalue weighted by atomic mass is 32.1. The van der Waals surface area contributed by atoms with Gasteiger partial charge in [-0.05, 0) is 25.5 Å². The first kappa shape index (κ1) is 12.8. The Kier molecular flexibility index (Phi) is 3.81. The van der Waals surface area contributed by atoms with E-state index in [1.807, 2.05) is 38.1 Å². The molecule has 1 amide bonds. The molecule has 0 saturated carbocycles. The van der Waals surface area contributed by atoms with Gasteiger partial charge in [0.1, 0.15) is 6.54 Å². The first-order chi connectivity index (χ1) is 8.61. The van der Waals surface area contributed by atoms with Crippen LogP contribution in [0.4, 0.5) is 0 Å². The van der Waals surface area contributed by atoms with Crippen LogP contribution in [0.3, 0.4) is 0 Å². The van der Waals surface area contributed by atoms with E-state index in [0.717, 1.165) is 16.6 Å². The summed E-state index contributed by atoms with van der Waals surface area (Å²) < 4.78 is 2.44. The Morgan fingerprint density at radius 1 is 1.44 bits per heavy atom. The number of rotatable bonds is 4. The second kappa shape index (κ2) is 5.35. The first-order valence-corrected chi connectivity index (χ1v) is 6.81. The van der Waals surface area contributed by atoms with Crippen LogP contribution in [-0.2, 0) is 11.3 Å². The maximum absolute atomic E-state index is 11.8. The Hall–Kier alpha value is -1.62. The van der Waals surface area contributed by atoms with E-state index in [-0.39, 0.29) is 23.4 Å². The highest BCUT2D eigenvalue weighted by molar-refractivity contribution is 7.16. The zero-order chi connectivity index (χ0) is 13.1. The number of hydrogen-bond acceptors (Lipinski definition) is 3. The number of amides is 1. The molecule has 96 valence electrons. The molecule has 2 aromatic rings. The lowest BCUT2D eigenvalue weighted by atomic mass is 10.2. The van der Waals surface area contributed by atoms with Crippen molar-refractivity contribution in [3.8, 4) is 0 Å². The standard InChI is InChI=1S/C13H16N2O2S/c1-3-9(2)14-12(16)8-15-10-6-4-5-7-11(10)18-13(15)17/h4-7,9H,3,8H2,1-2H3,(H,14,16)/t9-/m0/s1. The van der Waals surface area contributed by atoms with E-state index in [1.54, 1.807) is 0 Å². The highest BCUT2D eigenvalue weighted by Gasteiger charge is 2.11. The number of nitrogens with one attached hydrogen (secondary N) is 1. The van der Waals surface area contributed by atoms with E-state index in [2.05, 4.69) is 5.32 Å². The summed E-state index contributed by atoms with van der Waals surface area (Å²) in [5.41, 5.74) is 0.826. The molecule has 1 aromatic carbocycles. The third-order valence-corrected chi connectivity index (χ3v) is 3.86. The monoisotopic (exact) mass is 264 g/mol.